The first-order chi connectivity index (χ1) is 10.4. The van der Waals surface area contributed by atoms with Crippen LogP contribution in [0.15, 0.2) is 24.3 Å². The van der Waals surface area contributed by atoms with Gasteiger partial charge in [0.25, 0.3) is 0 Å². The first-order valence-corrected chi connectivity index (χ1v) is 8.15. The Morgan fingerprint density at radius 1 is 1.24 bits per heavy atom. The van der Waals surface area contributed by atoms with Crippen molar-refractivity contribution in [1.82, 2.24) is 4.90 Å². The molecule has 4 heteroatoms. The van der Waals surface area contributed by atoms with Gasteiger partial charge in [0.05, 0.1) is 12.7 Å². The van der Waals surface area contributed by atoms with Crippen LogP contribution in [0.25, 0.3) is 0 Å². The van der Waals surface area contributed by atoms with E-state index < -0.39 is 0 Å². The third-order valence-corrected chi connectivity index (χ3v) is 4.68. The molecule has 4 nitrogen and oxygen atoms in total. The first kappa shape index (κ1) is 14.8. The molecule has 2 fully saturated rings. The Morgan fingerprint density at radius 3 is 3.00 bits per heavy atom. The number of fused-ring (bicyclic) bond motifs is 1. The highest BCUT2D eigenvalue weighted by Gasteiger charge is 2.33. The maximum atomic E-state index is 5.95. The SMILES string of the molecule is NCc1ccccc1OCCN1CCOC2CCCCC21. The van der Waals surface area contributed by atoms with Gasteiger partial charge in [0, 0.05) is 31.2 Å². The quantitative estimate of drug-likeness (QED) is 0.903. The van der Waals surface area contributed by atoms with E-state index in [0.717, 1.165) is 37.6 Å². The molecule has 0 spiro atoms. The van der Waals surface area contributed by atoms with Crippen LogP contribution in [-0.2, 0) is 11.3 Å². The van der Waals surface area contributed by atoms with E-state index in [1.807, 2.05) is 24.3 Å². The van der Waals surface area contributed by atoms with Gasteiger partial charge in [-0.05, 0) is 18.9 Å². The summed E-state index contributed by atoms with van der Waals surface area (Å²) in [6.07, 6.45) is 5.58. The van der Waals surface area contributed by atoms with Gasteiger partial charge < -0.3 is 15.2 Å². The largest absolute Gasteiger partial charge is 0.492 e. The van der Waals surface area contributed by atoms with Gasteiger partial charge in [-0.15, -0.1) is 0 Å². The Morgan fingerprint density at radius 2 is 2.10 bits per heavy atom. The average Bonchev–Trinajstić information content (AvgIpc) is 2.55. The lowest BCUT2D eigenvalue weighted by Gasteiger charge is -2.43. The Hall–Kier alpha value is -1.10. The molecule has 0 bridgehead atoms. The highest BCUT2D eigenvalue weighted by molar-refractivity contribution is 5.32. The van der Waals surface area contributed by atoms with E-state index >= 15 is 0 Å². The molecule has 2 atom stereocenters. The van der Waals surface area contributed by atoms with Gasteiger partial charge >= 0.3 is 0 Å². The highest BCUT2D eigenvalue weighted by Crippen LogP contribution is 2.28. The Balaban J connectivity index is 1.52. The van der Waals surface area contributed by atoms with Gasteiger partial charge in [-0.1, -0.05) is 31.0 Å². The molecule has 1 saturated carbocycles. The van der Waals surface area contributed by atoms with Crippen molar-refractivity contribution >= 4 is 0 Å². The van der Waals surface area contributed by atoms with Crippen LogP contribution in [0.5, 0.6) is 5.75 Å². The van der Waals surface area contributed by atoms with Crippen LogP contribution in [0.2, 0.25) is 0 Å². The fourth-order valence-electron chi connectivity index (χ4n) is 3.54. The molecule has 0 aromatic heterocycles. The summed E-state index contributed by atoms with van der Waals surface area (Å²) < 4.78 is 11.9. The molecule has 1 aliphatic carbocycles. The van der Waals surface area contributed by atoms with Crippen LogP contribution < -0.4 is 10.5 Å². The highest BCUT2D eigenvalue weighted by atomic mass is 16.5. The number of morpholine rings is 1. The van der Waals surface area contributed by atoms with E-state index in [1.165, 1.54) is 25.7 Å². The van der Waals surface area contributed by atoms with Crippen LogP contribution in [0.3, 0.4) is 0 Å². The molecule has 1 aromatic rings. The minimum absolute atomic E-state index is 0.448. The van der Waals surface area contributed by atoms with E-state index in [1.54, 1.807) is 0 Å². The zero-order valence-corrected chi connectivity index (χ0v) is 12.7. The standard InChI is InChI=1S/C17H26N2O2/c18-13-14-5-1-3-7-16(14)20-11-9-19-10-12-21-17-8-4-2-6-15(17)19/h1,3,5,7,15,17H,2,4,6,8-13,18H2. The number of hydrogen-bond donors (Lipinski definition) is 1. The molecule has 3 rings (SSSR count). The molecular formula is C17H26N2O2. The van der Waals surface area contributed by atoms with E-state index in [-0.39, 0.29) is 0 Å². The zero-order chi connectivity index (χ0) is 14.5. The number of nitrogens with two attached hydrogens (primary N) is 1. The summed E-state index contributed by atoms with van der Waals surface area (Å²) in [5.41, 5.74) is 6.82. The summed E-state index contributed by atoms with van der Waals surface area (Å²) in [7, 11) is 0. The number of benzene rings is 1. The van der Waals surface area contributed by atoms with Gasteiger partial charge in [0.1, 0.15) is 12.4 Å². The smallest absolute Gasteiger partial charge is 0.123 e. The van der Waals surface area contributed by atoms with Crippen molar-refractivity contribution in [2.75, 3.05) is 26.3 Å². The van der Waals surface area contributed by atoms with Gasteiger partial charge in [-0.25, -0.2) is 0 Å². The number of nitrogens with zero attached hydrogens (tertiary/aromatic N) is 1. The second-order valence-corrected chi connectivity index (χ2v) is 5.96. The van der Waals surface area contributed by atoms with E-state index in [9.17, 15) is 0 Å². The van der Waals surface area contributed by atoms with Crippen LogP contribution in [0.1, 0.15) is 31.2 Å². The molecule has 2 unspecified atom stereocenters. The summed E-state index contributed by atoms with van der Waals surface area (Å²) >= 11 is 0. The summed E-state index contributed by atoms with van der Waals surface area (Å²) in [6, 6.07) is 8.64. The molecule has 1 aliphatic heterocycles. The predicted molar refractivity (Wildman–Crippen MR) is 83.4 cm³/mol. The molecule has 2 aliphatic rings. The molecule has 1 saturated heterocycles. The fourth-order valence-corrected chi connectivity index (χ4v) is 3.54. The lowest BCUT2D eigenvalue weighted by atomic mass is 9.90. The number of rotatable bonds is 5. The van der Waals surface area contributed by atoms with E-state index in [2.05, 4.69) is 4.90 Å². The summed E-state index contributed by atoms with van der Waals surface area (Å²) in [6.45, 7) is 4.12. The average molecular weight is 290 g/mol. The third kappa shape index (κ3) is 3.57. The molecule has 116 valence electrons. The van der Waals surface area contributed by atoms with Crippen LogP contribution >= 0.6 is 0 Å². The minimum Gasteiger partial charge on any atom is -0.492 e. The van der Waals surface area contributed by atoms with E-state index in [0.29, 0.717) is 18.7 Å². The van der Waals surface area contributed by atoms with Crippen LogP contribution in [-0.4, -0.2) is 43.3 Å². The molecule has 0 amide bonds. The van der Waals surface area contributed by atoms with Gasteiger partial charge in [-0.2, -0.15) is 0 Å². The maximum absolute atomic E-state index is 5.95. The van der Waals surface area contributed by atoms with Gasteiger partial charge in [0.2, 0.25) is 0 Å². The molecule has 1 aromatic carbocycles. The number of ether oxygens (including phenoxy) is 2. The molecule has 21 heavy (non-hydrogen) atoms. The monoisotopic (exact) mass is 290 g/mol. The molecule has 0 radical (unpaired) electrons. The van der Waals surface area contributed by atoms with Crippen molar-refractivity contribution in [2.45, 2.75) is 44.4 Å². The first-order valence-electron chi connectivity index (χ1n) is 8.15. The second kappa shape index (κ2) is 7.25. The topological polar surface area (TPSA) is 47.7 Å². The van der Waals surface area contributed by atoms with Crippen molar-refractivity contribution in [3.8, 4) is 5.75 Å². The Kier molecular flexibility index (Phi) is 5.12. The third-order valence-electron chi connectivity index (χ3n) is 4.68. The Labute approximate surface area is 127 Å². The van der Waals surface area contributed by atoms with Crippen molar-refractivity contribution in [2.24, 2.45) is 5.73 Å². The number of para-hydroxylation sites is 1. The summed E-state index contributed by atoms with van der Waals surface area (Å²) in [5, 5.41) is 0. The lowest BCUT2D eigenvalue weighted by molar-refractivity contribution is -0.0901. The summed E-state index contributed by atoms with van der Waals surface area (Å²) in [4.78, 5) is 2.55. The van der Waals surface area contributed by atoms with E-state index in [4.69, 9.17) is 15.2 Å². The van der Waals surface area contributed by atoms with Crippen molar-refractivity contribution in [1.29, 1.82) is 0 Å². The lowest BCUT2D eigenvalue weighted by Crippen LogP contribution is -2.53. The fraction of sp³-hybridized carbons (Fsp3) is 0.647. The van der Waals surface area contributed by atoms with Crippen LogP contribution in [0.4, 0.5) is 0 Å². The Bertz CT molecular complexity index is 450. The minimum atomic E-state index is 0.448. The van der Waals surface area contributed by atoms with Crippen molar-refractivity contribution < 1.29 is 9.47 Å². The molecule has 1 heterocycles. The molecule has 2 N–H and O–H groups in total. The normalized spacial score (nSPS) is 26.3. The zero-order valence-electron chi connectivity index (χ0n) is 12.7. The van der Waals surface area contributed by atoms with Crippen molar-refractivity contribution in [3.05, 3.63) is 29.8 Å². The van der Waals surface area contributed by atoms with Gasteiger partial charge in [0.15, 0.2) is 0 Å². The maximum Gasteiger partial charge on any atom is 0.123 e. The predicted octanol–water partition coefficient (Wildman–Crippen LogP) is 2.17. The summed E-state index contributed by atoms with van der Waals surface area (Å²) in [5.74, 6) is 0.924. The van der Waals surface area contributed by atoms with Crippen LogP contribution in [0, 0.1) is 0 Å². The second-order valence-electron chi connectivity index (χ2n) is 5.96. The number of hydrogen-bond acceptors (Lipinski definition) is 4. The van der Waals surface area contributed by atoms with Crippen molar-refractivity contribution in [3.63, 3.8) is 0 Å². The van der Waals surface area contributed by atoms with Gasteiger partial charge in [-0.3, -0.25) is 4.90 Å². The molecular weight excluding hydrogens is 264 g/mol.